The van der Waals surface area contributed by atoms with Crippen molar-refractivity contribution in [1.29, 1.82) is 0 Å². The molecule has 0 saturated heterocycles. The summed E-state index contributed by atoms with van der Waals surface area (Å²) in [6.45, 7) is 15.0. The SMILES string of the molecule is CCOC(C)(C)CCCC(C)C/C=C/C(C)=C/C(=O)OC(C)C. The molecule has 0 rings (SSSR count). The highest BCUT2D eigenvalue weighted by atomic mass is 16.5. The van der Waals surface area contributed by atoms with Crippen molar-refractivity contribution in [2.75, 3.05) is 6.61 Å². The molecule has 0 heterocycles. The number of esters is 1. The van der Waals surface area contributed by atoms with Gasteiger partial charge in [0.25, 0.3) is 0 Å². The van der Waals surface area contributed by atoms with Gasteiger partial charge in [-0.2, -0.15) is 0 Å². The van der Waals surface area contributed by atoms with Crippen molar-refractivity contribution in [1.82, 2.24) is 0 Å². The van der Waals surface area contributed by atoms with Gasteiger partial charge < -0.3 is 9.47 Å². The minimum atomic E-state index is -0.270. The van der Waals surface area contributed by atoms with Crippen LogP contribution in [-0.2, 0) is 14.3 Å². The van der Waals surface area contributed by atoms with Crippen LogP contribution < -0.4 is 0 Å². The zero-order valence-corrected chi connectivity index (χ0v) is 16.1. The molecule has 0 amide bonds. The van der Waals surface area contributed by atoms with E-state index in [2.05, 4.69) is 26.8 Å². The maximum atomic E-state index is 11.5. The van der Waals surface area contributed by atoms with Crippen molar-refractivity contribution in [3.05, 3.63) is 23.8 Å². The Kier molecular flexibility index (Phi) is 10.9. The largest absolute Gasteiger partial charge is 0.460 e. The Morgan fingerprint density at radius 1 is 1.22 bits per heavy atom. The van der Waals surface area contributed by atoms with Gasteiger partial charge in [0.05, 0.1) is 11.7 Å². The molecule has 1 atom stereocenters. The molecule has 0 N–H and O–H groups in total. The second-order valence-electron chi connectivity index (χ2n) is 7.20. The number of carbonyl (C=O) groups is 1. The smallest absolute Gasteiger partial charge is 0.331 e. The molecule has 0 aliphatic carbocycles. The van der Waals surface area contributed by atoms with Crippen LogP contribution in [0, 0.1) is 5.92 Å². The van der Waals surface area contributed by atoms with Crippen LogP contribution in [0.5, 0.6) is 0 Å². The standard InChI is InChI=1S/C20H36O3/c1-8-22-20(6,7)14-10-13-17(4)11-9-12-18(5)15-19(21)23-16(2)3/h9,12,15-17H,8,10-11,13-14H2,1-7H3/b12-9+,18-15+. The predicted octanol–water partition coefficient (Wildman–Crippen LogP) is 5.45. The Morgan fingerprint density at radius 3 is 2.43 bits per heavy atom. The van der Waals surface area contributed by atoms with Crippen LogP contribution in [0.4, 0.5) is 0 Å². The van der Waals surface area contributed by atoms with Gasteiger partial charge in [-0.05, 0) is 65.9 Å². The van der Waals surface area contributed by atoms with Gasteiger partial charge in [0.15, 0.2) is 0 Å². The fourth-order valence-electron chi connectivity index (χ4n) is 2.44. The minimum Gasteiger partial charge on any atom is -0.460 e. The van der Waals surface area contributed by atoms with Gasteiger partial charge in [-0.15, -0.1) is 0 Å². The molecule has 3 nitrogen and oxygen atoms in total. The van der Waals surface area contributed by atoms with E-state index in [-0.39, 0.29) is 17.7 Å². The number of ether oxygens (including phenoxy) is 2. The van der Waals surface area contributed by atoms with Crippen molar-refractivity contribution < 1.29 is 14.3 Å². The summed E-state index contributed by atoms with van der Waals surface area (Å²) in [5.41, 5.74) is 0.917. The first-order valence-corrected chi connectivity index (χ1v) is 8.85. The van der Waals surface area contributed by atoms with Crippen LogP contribution in [-0.4, -0.2) is 24.3 Å². The first-order chi connectivity index (χ1) is 10.7. The van der Waals surface area contributed by atoms with Crippen molar-refractivity contribution >= 4 is 5.97 Å². The zero-order chi connectivity index (χ0) is 17.9. The Balaban J connectivity index is 4.06. The van der Waals surface area contributed by atoms with E-state index in [1.807, 2.05) is 33.8 Å². The fraction of sp³-hybridized carbons (Fsp3) is 0.750. The Hall–Kier alpha value is -1.09. The Labute approximate surface area is 143 Å². The summed E-state index contributed by atoms with van der Waals surface area (Å²) in [6.07, 6.45) is 10.1. The first-order valence-electron chi connectivity index (χ1n) is 8.85. The molecule has 0 bridgehead atoms. The van der Waals surface area contributed by atoms with E-state index in [9.17, 15) is 4.79 Å². The van der Waals surface area contributed by atoms with E-state index in [0.717, 1.165) is 25.0 Å². The molecule has 0 spiro atoms. The van der Waals surface area contributed by atoms with Gasteiger partial charge >= 0.3 is 5.97 Å². The van der Waals surface area contributed by atoms with E-state index in [0.29, 0.717) is 5.92 Å². The third-order valence-corrected chi connectivity index (χ3v) is 3.63. The summed E-state index contributed by atoms with van der Waals surface area (Å²) in [5.74, 6) is 0.368. The second kappa shape index (κ2) is 11.4. The maximum absolute atomic E-state index is 11.5. The summed E-state index contributed by atoms with van der Waals surface area (Å²) >= 11 is 0. The van der Waals surface area contributed by atoms with Crippen molar-refractivity contribution in [3.8, 4) is 0 Å². The number of hydrogen-bond donors (Lipinski definition) is 0. The van der Waals surface area contributed by atoms with Gasteiger partial charge in [0, 0.05) is 12.7 Å². The lowest BCUT2D eigenvalue weighted by Gasteiger charge is -2.25. The highest BCUT2D eigenvalue weighted by molar-refractivity contribution is 5.83. The quantitative estimate of drug-likeness (QED) is 0.288. The lowest BCUT2D eigenvalue weighted by Crippen LogP contribution is -2.24. The molecule has 0 fully saturated rings. The summed E-state index contributed by atoms with van der Waals surface area (Å²) in [5, 5.41) is 0. The topological polar surface area (TPSA) is 35.5 Å². The highest BCUT2D eigenvalue weighted by Gasteiger charge is 2.17. The zero-order valence-electron chi connectivity index (χ0n) is 16.1. The summed E-state index contributed by atoms with van der Waals surface area (Å²) < 4.78 is 10.8. The minimum absolute atomic E-state index is 0.0135. The van der Waals surface area contributed by atoms with E-state index in [1.54, 1.807) is 6.08 Å². The van der Waals surface area contributed by atoms with E-state index >= 15 is 0 Å². The highest BCUT2D eigenvalue weighted by Crippen LogP contribution is 2.21. The van der Waals surface area contributed by atoms with Crippen LogP contribution in [0.15, 0.2) is 23.8 Å². The number of rotatable bonds is 11. The van der Waals surface area contributed by atoms with Crippen molar-refractivity contribution in [2.24, 2.45) is 5.92 Å². The lowest BCUT2D eigenvalue weighted by atomic mass is 9.94. The molecule has 0 aromatic rings. The van der Waals surface area contributed by atoms with Crippen molar-refractivity contribution in [2.45, 2.75) is 85.9 Å². The normalized spacial score (nSPS) is 14.5. The predicted molar refractivity (Wildman–Crippen MR) is 97.5 cm³/mol. The van der Waals surface area contributed by atoms with Gasteiger partial charge in [-0.3, -0.25) is 0 Å². The average Bonchev–Trinajstić information content (AvgIpc) is 2.36. The van der Waals surface area contributed by atoms with E-state index in [4.69, 9.17) is 9.47 Å². The molecule has 1 unspecified atom stereocenters. The summed E-state index contributed by atoms with van der Waals surface area (Å²) in [4.78, 5) is 11.5. The summed E-state index contributed by atoms with van der Waals surface area (Å²) in [6, 6.07) is 0. The molecule has 0 aliphatic rings. The number of hydrogen-bond acceptors (Lipinski definition) is 3. The van der Waals surface area contributed by atoms with Crippen molar-refractivity contribution in [3.63, 3.8) is 0 Å². The fourth-order valence-corrected chi connectivity index (χ4v) is 2.44. The van der Waals surface area contributed by atoms with Crippen LogP contribution >= 0.6 is 0 Å². The molecule has 0 radical (unpaired) electrons. The molecule has 134 valence electrons. The van der Waals surface area contributed by atoms with Crippen LogP contribution in [0.25, 0.3) is 0 Å². The Bertz CT molecular complexity index is 392. The maximum Gasteiger partial charge on any atom is 0.331 e. The molecule has 0 aromatic heterocycles. The number of allylic oxidation sites excluding steroid dienone is 3. The van der Waals surface area contributed by atoms with Crippen LogP contribution in [0.3, 0.4) is 0 Å². The molecule has 0 aliphatic heterocycles. The third kappa shape index (κ3) is 13.1. The van der Waals surface area contributed by atoms with Gasteiger partial charge in [-0.1, -0.05) is 31.9 Å². The Morgan fingerprint density at radius 2 is 1.87 bits per heavy atom. The van der Waals surface area contributed by atoms with E-state index < -0.39 is 0 Å². The van der Waals surface area contributed by atoms with Crippen LogP contribution in [0.2, 0.25) is 0 Å². The molecule has 3 heteroatoms. The lowest BCUT2D eigenvalue weighted by molar-refractivity contribution is -0.141. The van der Waals surface area contributed by atoms with Gasteiger partial charge in [-0.25, -0.2) is 4.79 Å². The first kappa shape index (κ1) is 21.9. The van der Waals surface area contributed by atoms with E-state index in [1.165, 1.54) is 12.8 Å². The van der Waals surface area contributed by atoms with Crippen LogP contribution in [0.1, 0.15) is 74.1 Å². The monoisotopic (exact) mass is 324 g/mol. The molecular formula is C20H36O3. The summed E-state index contributed by atoms with van der Waals surface area (Å²) in [7, 11) is 0. The number of carbonyl (C=O) groups excluding carboxylic acids is 1. The molecular weight excluding hydrogens is 288 g/mol. The average molecular weight is 325 g/mol. The molecule has 0 aromatic carbocycles. The van der Waals surface area contributed by atoms with Gasteiger partial charge in [0.1, 0.15) is 0 Å². The third-order valence-electron chi connectivity index (χ3n) is 3.63. The second-order valence-corrected chi connectivity index (χ2v) is 7.20. The molecule has 0 saturated carbocycles. The van der Waals surface area contributed by atoms with Gasteiger partial charge in [0.2, 0.25) is 0 Å². The molecule has 23 heavy (non-hydrogen) atoms.